The first-order valence-electron chi connectivity index (χ1n) is 5.76. The second-order valence-corrected chi connectivity index (χ2v) is 4.07. The van der Waals surface area contributed by atoms with Gasteiger partial charge >= 0.3 is 0 Å². The molecule has 2 heterocycles. The predicted molar refractivity (Wildman–Crippen MR) is 58.5 cm³/mol. The van der Waals surface area contributed by atoms with Gasteiger partial charge in [0.15, 0.2) is 0 Å². The fraction of sp³-hybridized carbons (Fsp3) is 0.727. The van der Waals surface area contributed by atoms with E-state index in [0.717, 1.165) is 25.2 Å². The van der Waals surface area contributed by atoms with E-state index in [2.05, 4.69) is 10.4 Å². The molecule has 0 radical (unpaired) electrons. The van der Waals surface area contributed by atoms with Crippen LogP contribution in [0.25, 0.3) is 0 Å². The first-order valence-corrected chi connectivity index (χ1v) is 5.76. The summed E-state index contributed by atoms with van der Waals surface area (Å²) in [5.74, 6) is 0. The zero-order valence-electron chi connectivity index (χ0n) is 9.19. The van der Waals surface area contributed by atoms with Crippen LogP contribution in [0.15, 0.2) is 12.3 Å². The van der Waals surface area contributed by atoms with Crippen molar-refractivity contribution in [1.82, 2.24) is 15.1 Å². The fourth-order valence-corrected chi connectivity index (χ4v) is 2.21. The normalized spacial score (nSPS) is 24.0. The molecule has 4 nitrogen and oxygen atoms in total. The Bertz CT molecular complexity index is 305. The minimum atomic E-state index is -0.423. The Morgan fingerprint density at radius 3 is 3.20 bits per heavy atom. The van der Waals surface area contributed by atoms with Crippen molar-refractivity contribution in [3.05, 3.63) is 18.0 Å². The molecule has 1 aliphatic heterocycles. The Morgan fingerprint density at radius 2 is 2.53 bits per heavy atom. The van der Waals surface area contributed by atoms with Crippen LogP contribution in [0.4, 0.5) is 0 Å². The van der Waals surface area contributed by atoms with E-state index in [0.29, 0.717) is 0 Å². The highest BCUT2D eigenvalue weighted by Gasteiger charge is 2.24. The molecule has 0 amide bonds. The molecule has 1 aliphatic rings. The largest absolute Gasteiger partial charge is 0.385 e. The summed E-state index contributed by atoms with van der Waals surface area (Å²) in [6.07, 6.45) is 4.80. The van der Waals surface area contributed by atoms with Crippen molar-refractivity contribution in [3.8, 4) is 0 Å². The lowest BCUT2D eigenvalue weighted by Crippen LogP contribution is -2.39. The molecule has 2 N–H and O–H groups in total. The van der Waals surface area contributed by atoms with Gasteiger partial charge in [-0.15, -0.1) is 0 Å². The monoisotopic (exact) mass is 209 g/mol. The van der Waals surface area contributed by atoms with Gasteiger partial charge in [0, 0.05) is 18.8 Å². The van der Waals surface area contributed by atoms with Crippen molar-refractivity contribution in [2.45, 2.75) is 44.9 Å². The summed E-state index contributed by atoms with van der Waals surface area (Å²) < 4.78 is 1.86. The molecule has 4 heteroatoms. The van der Waals surface area contributed by atoms with Crippen molar-refractivity contribution in [2.24, 2.45) is 0 Å². The number of nitrogens with zero attached hydrogens (tertiary/aromatic N) is 2. The van der Waals surface area contributed by atoms with Crippen LogP contribution in [-0.4, -0.2) is 27.5 Å². The molecule has 0 saturated carbocycles. The van der Waals surface area contributed by atoms with Crippen molar-refractivity contribution >= 4 is 0 Å². The van der Waals surface area contributed by atoms with Gasteiger partial charge in [0.05, 0.1) is 5.69 Å². The molecule has 0 aliphatic carbocycles. The van der Waals surface area contributed by atoms with E-state index in [-0.39, 0.29) is 6.04 Å². The van der Waals surface area contributed by atoms with Crippen LogP contribution < -0.4 is 5.32 Å². The number of aliphatic hydroxyl groups excluding tert-OH is 1. The average molecular weight is 209 g/mol. The van der Waals surface area contributed by atoms with E-state index >= 15 is 0 Å². The molecule has 2 rings (SSSR count). The predicted octanol–water partition coefficient (Wildman–Crippen LogP) is 1.08. The van der Waals surface area contributed by atoms with Gasteiger partial charge in [0.1, 0.15) is 6.10 Å². The maximum absolute atomic E-state index is 10.2. The molecule has 1 saturated heterocycles. The summed E-state index contributed by atoms with van der Waals surface area (Å²) in [4.78, 5) is 0. The molecule has 0 bridgehead atoms. The van der Waals surface area contributed by atoms with Crippen LogP contribution >= 0.6 is 0 Å². The Hall–Kier alpha value is -0.870. The zero-order chi connectivity index (χ0) is 10.7. The first-order chi connectivity index (χ1) is 7.33. The van der Waals surface area contributed by atoms with Crippen molar-refractivity contribution in [2.75, 3.05) is 6.54 Å². The van der Waals surface area contributed by atoms with Gasteiger partial charge in [-0.05, 0) is 32.4 Å². The summed E-state index contributed by atoms with van der Waals surface area (Å²) >= 11 is 0. The van der Waals surface area contributed by atoms with E-state index < -0.39 is 6.10 Å². The number of aryl methyl sites for hydroxylation is 1. The molecule has 1 aromatic heterocycles. The molecular weight excluding hydrogens is 190 g/mol. The van der Waals surface area contributed by atoms with Crippen molar-refractivity contribution in [1.29, 1.82) is 0 Å². The van der Waals surface area contributed by atoms with Gasteiger partial charge in [0.25, 0.3) is 0 Å². The maximum Gasteiger partial charge on any atom is 0.111 e. The number of hydrogen-bond donors (Lipinski definition) is 2. The van der Waals surface area contributed by atoms with Gasteiger partial charge in [0.2, 0.25) is 0 Å². The highest BCUT2D eigenvalue weighted by atomic mass is 16.3. The first kappa shape index (κ1) is 10.6. The number of aromatic nitrogens is 2. The van der Waals surface area contributed by atoms with E-state index in [1.54, 1.807) is 6.20 Å². The van der Waals surface area contributed by atoms with Crippen molar-refractivity contribution in [3.63, 3.8) is 0 Å². The summed E-state index contributed by atoms with van der Waals surface area (Å²) in [5.41, 5.74) is 0.928. The summed E-state index contributed by atoms with van der Waals surface area (Å²) in [6.45, 7) is 3.87. The smallest absolute Gasteiger partial charge is 0.111 e. The van der Waals surface area contributed by atoms with Crippen LogP contribution in [0.1, 0.15) is 38.0 Å². The topological polar surface area (TPSA) is 50.1 Å². The van der Waals surface area contributed by atoms with Crippen LogP contribution in [-0.2, 0) is 6.54 Å². The van der Waals surface area contributed by atoms with Crippen LogP contribution in [0.2, 0.25) is 0 Å². The van der Waals surface area contributed by atoms with Crippen LogP contribution in [0, 0.1) is 0 Å². The minimum absolute atomic E-state index is 0.195. The molecule has 2 unspecified atom stereocenters. The van der Waals surface area contributed by atoms with Gasteiger partial charge in [-0.25, -0.2) is 0 Å². The van der Waals surface area contributed by atoms with Gasteiger partial charge < -0.3 is 10.4 Å². The summed E-state index contributed by atoms with van der Waals surface area (Å²) in [5, 5.41) is 17.8. The zero-order valence-corrected chi connectivity index (χ0v) is 9.19. The van der Waals surface area contributed by atoms with E-state index in [1.807, 2.05) is 17.7 Å². The number of piperidine rings is 1. The Morgan fingerprint density at radius 1 is 1.67 bits per heavy atom. The average Bonchev–Trinajstić information content (AvgIpc) is 2.77. The quantitative estimate of drug-likeness (QED) is 0.783. The van der Waals surface area contributed by atoms with Crippen LogP contribution in [0.5, 0.6) is 0 Å². The standard InChI is InChI=1S/C11H19N3O/c1-2-14-10(6-8-13-14)11(15)9-5-3-4-7-12-9/h6,8-9,11-12,15H,2-5,7H2,1H3. The Labute approximate surface area is 90.3 Å². The third-order valence-electron chi connectivity index (χ3n) is 3.08. The molecule has 1 aromatic rings. The Balaban J connectivity index is 2.08. The number of aliphatic hydroxyl groups is 1. The molecule has 2 atom stereocenters. The number of nitrogens with one attached hydrogen (secondary N) is 1. The van der Waals surface area contributed by atoms with Gasteiger partial charge in [-0.1, -0.05) is 6.42 Å². The third kappa shape index (κ3) is 2.21. The minimum Gasteiger partial charge on any atom is -0.385 e. The second-order valence-electron chi connectivity index (χ2n) is 4.07. The molecule has 0 aromatic carbocycles. The lowest BCUT2D eigenvalue weighted by atomic mass is 9.98. The summed E-state index contributed by atoms with van der Waals surface area (Å²) in [6, 6.07) is 2.10. The van der Waals surface area contributed by atoms with E-state index in [4.69, 9.17) is 0 Å². The highest BCUT2D eigenvalue weighted by molar-refractivity contribution is 5.07. The maximum atomic E-state index is 10.2. The van der Waals surface area contributed by atoms with Gasteiger partial charge in [-0.3, -0.25) is 4.68 Å². The fourth-order valence-electron chi connectivity index (χ4n) is 2.21. The number of hydrogen-bond acceptors (Lipinski definition) is 3. The molecule has 1 fully saturated rings. The molecule has 0 spiro atoms. The molecular formula is C11H19N3O. The van der Waals surface area contributed by atoms with Crippen LogP contribution in [0.3, 0.4) is 0 Å². The molecule has 15 heavy (non-hydrogen) atoms. The summed E-state index contributed by atoms with van der Waals surface area (Å²) in [7, 11) is 0. The Kier molecular flexibility index (Phi) is 3.38. The second kappa shape index (κ2) is 4.77. The third-order valence-corrected chi connectivity index (χ3v) is 3.08. The lowest BCUT2D eigenvalue weighted by molar-refractivity contribution is 0.105. The lowest BCUT2D eigenvalue weighted by Gasteiger charge is -2.28. The SMILES string of the molecule is CCn1nccc1C(O)C1CCCCN1. The highest BCUT2D eigenvalue weighted by Crippen LogP contribution is 2.22. The van der Waals surface area contributed by atoms with Crippen molar-refractivity contribution < 1.29 is 5.11 Å². The van der Waals surface area contributed by atoms with Gasteiger partial charge in [-0.2, -0.15) is 5.10 Å². The van der Waals surface area contributed by atoms with E-state index in [9.17, 15) is 5.11 Å². The molecule has 84 valence electrons. The number of rotatable bonds is 3. The van der Waals surface area contributed by atoms with E-state index in [1.165, 1.54) is 12.8 Å².